The molecule has 0 heterocycles. The molecule has 0 spiro atoms. The van der Waals surface area contributed by atoms with Crippen LogP contribution in [0.3, 0.4) is 0 Å². The topological polar surface area (TPSA) is 0 Å². The van der Waals surface area contributed by atoms with E-state index >= 15 is 0 Å². The van der Waals surface area contributed by atoms with Crippen molar-refractivity contribution in [2.24, 2.45) is 5.92 Å². The molecular weight excluding hydrogens is 699 g/mol. The standard InChI is InChI=1S/C57H110N/c1-7-11-15-19-23-27-30-34-38-45-51-58(52-46-39-35-31-28-24-20-16-12-8-2,53-47-40-36-32-29-25-21-17-13-9-3)57(5,6)56(54-55-48-42-41-43-49-55)50-44-37-33-26-22-18-14-10-4/h41-43,48-49,56H,7-40,44-47,50-54H2,1-6H3/q+1. The van der Waals surface area contributed by atoms with Crippen LogP contribution in [0.15, 0.2) is 30.3 Å². The van der Waals surface area contributed by atoms with Gasteiger partial charge in [-0.15, -0.1) is 0 Å². The number of benzene rings is 1. The third-order valence-corrected chi connectivity index (χ3v) is 14.8. The second kappa shape index (κ2) is 40.3. The van der Waals surface area contributed by atoms with Crippen LogP contribution in [0.5, 0.6) is 0 Å². The zero-order valence-electron chi connectivity index (χ0n) is 41.3. The Morgan fingerprint density at radius 1 is 0.345 bits per heavy atom. The Morgan fingerprint density at radius 2 is 0.603 bits per heavy atom. The van der Waals surface area contributed by atoms with E-state index in [1.807, 2.05) is 0 Å². The molecule has 1 atom stereocenters. The summed E-state index contributed by atoms with van der Waals surface area (Å²) in [6, 6.07) is 11.7. The van der Waals surface area contributed by atoms with Gasteiger partial charge >= 0.3 is 0 Å². The Bertz CT molecular complexity index is 874. The fourth-order valence-electron chi connectivity index (χ4n) is 10.4. The lowest BCUT2D eigenvalue weighted by Crippen LogP contribution is -2.66. The maximum Gasteiger partial charge on any atom is 0.0967 e. The number of hydrogen-bond acceptors (Lipinski definition) is 0. The van der Waals surface area contributed by atoms with Gasteiger partial charge in [0.25, 0.3) is 0 Å². The van der Waals surface area contributed by atoms with Crippen molar-refractivity contribution in [2.45, 2.75) is 304 Å². The van der Waals surface area contributed by atoms with Crippen molar-refractivity contribution < 1.29 is 4.48 Å². The van der Waals surface area contributed by atoms with Gasteiger partial charge in [0, 0.05) is 5.92 Å². The first kappa shape index (κ1) is 55.2. The molecule has 0 N–H and O–H groups in total. The minimum Gasteiger partial charge on any atom is -0.319 e. The van der Waals surface area contributed by atoms with Crippen molar-refractivity contribution in [1.82, 2.24) is 0 Å². The summed E-state index contributed by atoms with van der Waals surface area (Å²) in [5, 5.41) is 0. The van der Waals surface area contributed by atoms with Crippen LogP contribution in [0.25, 0.3) is 0 Å². The molecule has 1 rings (SSSR count). The summed E-state index contributed by atoms with van der Waals surface area (Å²) in [5.41, 5.74) is 1.87. The van der Waals surface area contributed by atoms with Gasteiger partial charge in [-0.05, 0) is 70.8 Å². The number of quaternary nitrogens is 1. The molecular formula is C57H110N+. The summed E-state index contributed by atoms with van der Waals surface area (Å²) in [7, 11) is 0. The summed E-state index contributed by atoms with van der Waals surface area (Å²) in [4.78, 5) is 0. The molecule has 342 valence electrons. The van der Waals surface area contributed by atoms with Gasteiger partial charge < -0.3 is 4.48 Å². The maximum atomic E-state index is 2.79. The molecule has 0 aliphatic heterocycles. The van der Waals surface area contributed by atoms with Crippen molar-refractivity contribution in [3.8, 4) is 0 Å². The molecule has 1 unspecified atom stereocenters. The number of unbranched alkanes of at least 4 members (excludes halogenated alkanes) is 34. The summed E-state index contributed by atoms with van der Waals surface area (Å²) in [6.07, 6.45) is 57.3. The Hall–Kier alpha value is -0.820. The molecule has 0 aliphatic rings. The average Bonchev–Trinajstić information content (AvgIpc) is 3.23. The van der Waals surface area contributed by atoms with Gasteiger partial charge in [0.05, 0.1) is 25.2 Å². The monoisotopic (exact) mass is 809 g/mol. The van der Waals surface area contributed by atoms with Crippen molar-refractivity contribution in [1.29, 1.82) is 0 Å². The Morgan fingerprint density at radius 3 is 0.897 bits per heavy atom. The summed E-state index contributed by atoms with van der Waals surface area (Å²) >= 11 is 0. The minimum absolute atomic E-state index is 0.287. The van der Waals surface area contributed by atoms with Crippen LogP contribution in [0.1, 0.15) is 298 Å². The highest BCUT2D eigenvalue weighted by molar-refractivity contribution is 5.16. The van der Waals surface area contributed by atoms with Gasteiger partial charge in [-0.3, -0.25) is 0 Å². The molecule has 0 bridgehead atoms. The lowest BCUT2D eigenvalue weighted by molar-refractivity contribution is -0.977. The van der Waals surface area contributed by atoms with Crippen LogP contribution < -0.4 is 0 Å². The highest BCUT2D eigenvalue weighted by atomic mass is 15.4. The highest BCUT2D eigenvalue weighted by Gasteiger charge is 2.47. The molecule has 0 aromatic heterocycles. The molecule has 0 saturated heterocycles. The molecule has 1 aromatic rings. The first-order valence-corrected chi connectivity index (χ1v) is 27.4. The molecule has 1 aromatic carbocycles. The largest absolute Gasteiger partial charge is 0.319 e. The maximum absolute atomic E-state index is 2.79. The van der Waals surface area contributed by atoms with E-state index < -0.39 is 0 Å². The summed E-state index contributed by atoms with van der Waals surface area (Å²) in [6.45, 7) is 19.2. The smallest absolute Gasteiger partial charge is 0.0967 e. The number of rotatable bonds is 46. The first-order chi connectivity index (χ1) is 28.5. The van der Waals surface area contributed by atoms with E-state index in [1.165, 1.54) is 281 Å². The molecule has 0 amide bonds. The van der Waals surface area contributed by atoms with E-state index in [0.717, 1.165) is 5.92 Å². The minimum atomic E-state index is 0.287. The third kappa shape index (κ3) is 28.7. The van der Waals surface area contributed by atoms with Crippen LogP contribution in [0.4, 0.5) is 0 Å². The second-order valence-corrected chi connectivity index (χ2v) is 20.2. The van der Waals surface area contributed by atoms with E-state index in [2.05, 4.69) is 71.9 Å². The van der Waals surface area contributed by atoms with Gasteiger partial charge in [0.15, 0.2) is 0 Å². The molecule has 1 nitrogen and oxygen atoms in total. The van der Waals surface area contributed by atoms with Crippen molar-refractivity contribution in [3.63, 3.8) is 0 Å². The fourth-order valence-corrected chi connectivity index (χ4v) is 10.4. The van der Waals surface area contributed by atoms with Crippen LogP contribution >= 0.6 is 0 Å². The second-order valence-electron chi connectivity index (χ2n) is 20.2. The van der Waals surface area contributed by atoms with Gasteiger partial charge in [-0.25, -0.2) is 0 Å². The molecule has 0 radical (unpaired) electrons. The third-order valence-electron chi connectivity index (χ3n) is 14.8. The van der Waals surface area contributed by atoms with Crippen LogP contribution in [-0.2, 0) is 6.42 Å². The molecule has 0 aliphatic carbocycles. The van der Waals surface area contributed by atoms with E-state index in [-0.39, 0.29) is 5.54 Å². The summed E-state index contributed by atoms with van der Waals surface area (Å²) in [5.74, 6) is 0.740. The summed E-state index contributed by atoms with van der Waals surface area (Å²) < 4.78 is 1.40. The normalized spacial score (nSPS) is 12.8. The van der Waals surface area contributed by atoms with Crippen LogP contribution in [-0.4, -0.2) is 29.7 Å². The Labute approximate surface area is 368 Å². The predicted octanol–water partition coefficient (Wildman–Crippen LogP) is 19.7. The number of nitrogens with zero attached hydrogens (tertiary/aromatic N) is 1. The molecule has 1 heteroatoms. The zero-order chi connectivity index (χ0) is 42.1. The zero-order valence-corrected chi connectivity index (χ0v) is 41.3. The molecule has 0 saturated carbocycles. The Balaban J connectivity index is 3.16. The SMILES string of the molecule is CCCCCCCCCCCC[N+](CCCCCCCCCCCC)(CCCCCCCCCCCC)C(C)(C)C(CCCCCCCCCC)Cc1ccccc1. The van der Waals surface area contributed by atoms with Gasteiger partial charge in [-0.1, -0.05) is 263 Å². The first-order valence-electron chi connectivity index (χ1n) is 27.4. The van der Waals surface area contributed by atoms with Crippen LogP contribution in [0, 0.1) is 5.92 Å². The Kier molecular flexibility index (Phi) is 38.3. The van der Waals surface area contributed by atoms with Crippen molar-refractivity contribution >= 4 is 0 Å². The average molecular weight is 810 g/mol. The van der Waals surface area contributed by atoms with Crippen LogP contribution in [0.2, 0.25) is 0 Å². The van der Waals surface area contributed by atoms with Gasteiger partial charge in [0.1, 0.15) is 0 Å². The van der Waals surface area contributed by atoms with Gasteiger partial charge in [-0.2, -0.15) is 0 Å². The van der Waals surface area contributed by atoms with Crippen molar-refractivity contribution in [3.05, 3.63) is 35.9 Å². The highest BCUT2D eigenvalue weighted by Crippen LogP contribution is 2.40. The lowest BCUT2D eigenvalue weighted by Gasteiger charge is -2.55. The van der Waals surface area contributed by atoms with Crippen molar-refractivity contribution in [2.75, 3.05) is 19.6 Å². The van der Waals surface area contributed by atoms with E-state index in [9.17, 15) is 0 Å². The van der Waals surface area contributed by atoms with E-state index in [0.29, 0.717) is 0 Å². The van der Waals surface area contributed by atoms with Gasteiger partial charge in [0.2, 0.25) is 0 Å². The fraction of sp³-hybridized carbons (Fsp3) is 0.895. The van der Waals surface area contributed by atoms with E-state index in [1.54, 1.807) is 5.56 Å². The number of hydrogen-bond donors (Lipinski definition) is 0. The predicted molar refractivity (Wildman–Crippen MR) is 265 cm³/mol. The molecule has 58 heavy (non-hydrogen) atoms. The van der Waals surface area contributed by atoms with E-state index in [4.69, 9.17) is 0 Å². The quantitative estimate of drug-likeness (QED) is 0.0455. The molecule has 0 fully saturated rings. The lowest BCUT2D eigenvalue weighted by atomic mass is 9.75.